The highest BCUT2D eigenvalue weighted by Gasteiger charge is 2.44. The maximum absolute atomic E-state index is 11.2. The van der Waals surface area contributed by atoms with Crippen LogP contribution in [-0.4, -0.2) is 46.5 Å². The number of hydrogen-bond donors (Lipinski definition) is 4. The number of carboxylic acid groups (broad SMARTS) is 1. The monoisotopic (exact) mass is 421 g/mol. The Morgan fingerprint density at radius 2 is 1.50 bits per heavy atom. The molecule has 0 bridgehead atoms. The van der Waals surface area contributed by atoms with Crippen LogP contribution in [-0.2, 0) is 14.9 Å². The van der Waals surface area contributed by atoms with Crippen molar-refractivity contribution in [3.05, 3.63) is 12.2 Å². The van der Waals surface area contributed by atoms with Crippen LogP contribution >= 0.6 is 0 Å². The van der Waals surface area contributed by atoms with Crippen LogP contribution in [0.2, 0.25) is 0 Å². The van der Waals surface area contributed by atoms with Crippen molar-refractivity contribution in [3.8, 4) is 0 Å². The van der Waals surface area contributed by atoms with Crippen LogP contribution in [0.3, 0.4) is 0 Å². The molecule has 7 nitrogen and oxygen atoms in total. The number of aliphatic hydroxyl groups excluding tert-OH is 1. The number of carboxylic acids is 1. The van der Waals surface area contributed by atoms with Gasteiger partial charge in [-0.1, -0.05) is 77.4 Å². The summed E-state index contributed by atoms with van der Waals surface area (Å²) in [7, 11) is -4.62. The molecular weight excluding hydrogens is 382 g/mol. The molecule has 0 heterocycles. The summed E-state index contributed by atoms with van der Waals surface area (Å²) in [6, 6.07) is 0. The lowest BCUT2D eigenvalue weighted by Crippen LogP contribution is -2.61. The van der Waals surface area contributed by atoms with Crippen molar-refractivity contribution < 1.29 is 28.0 Å². The highest BCUT2D eigenvalue weighted by Crippen LogP contribution is 2.16. The van der Waals surface area contributed by atoms with Crippen LogP contribution in [0.4, 0.5) is 0 Å². The van der Waals surface area contributed by atoms with Gasteiger partial charge in [-0.05, 0) is 25.2 Å². The predicted molar refractivity (Wildman–Crippen MR) is 112 cm³/mol. The molecule has 2 atom stereocenters. The summed E-state index contributed by atoms with van der Waals surface area (Å²) in [4.78, 5) is 11.2. The van der Waals surface area contributed by atoms with E-state index in [9.17, 15) is 18.3 Å². The Morgan fingerprint density at radius 1 is 1.00 bits per heavy atom. The standard InChI is InChI=1S/C20H39NO6S/c1-17(2)14-12-10-8-6-4-3-5-7-9-11-13-15-18(22)20(21,19(23)24)16-28(25,26)27/h11,13,17-18,22H,3-10,12,14-16,21H2,1-2H3,(H,23,24)(H,25,26,27)/b13-11+. The largest absolute Gasteiger partial charge is 0.480 e. The van der Waals surface area contributed by atoms with Gasteiger partial charge in [0.2, 0.25) is 0 Å². The second-order valence-electron chi connectivity index (χ2n) is 8.09. The van der Waals surface area contributed by atoms with Crippen LogP contribution in [0.15, 0.2) is 12.2 Å². The van der Waals surface area contributed by atoms with E-state index in [0.717, 1.165) is 25.2 Å². The lowest BCUT2D eigenvalue weighted by Gasteiger charge is -2.28. The number of allylic oxidation sites excluding steroid dienone is 1. The Labute approximate surface area is 170 Å². The minimum Gasteiger partial charge on any atom is -0.480 e. The summed E-state index contributed by atoms with van der Waals surface area (Å²) in [6.07, 6.45) is 13.7. The topological polar surface area (TPSA) is 138 Å². The molecule has 0 aliphatic carbocycles. The third-order valence-electron chi connectivity index (χ3n) is 4.84. The normalized spacial score (nSPS) is 15.8. The smallest absolute Gasteiger partial charge is 0.327 e. The highest BCUT2D eigenvalue weighted by molar-refractivity contribution is 7.85. The fourth-order valence-corrected chi connectivity index (χ4v) is 3.95. The van der Waals surface area contributed by atoms with E-state index in [0.29, 0.717) is 0 Å². The molecule has 0 radical (unpaired) electrons. The molecule has 0 aromatic rings. The zero-order chi connectivity index (χ0) is 21.6. The first-order chi connectivity index (χ1) is 13.0. The Hall–Kier alpha value is -0.960. The molecule has 0 amide bonds. The molecule has 8 heteroatoms. The molecule has 166 valence electrons. The highest BCUT2D eigenvalue weighted by atomic mass is 32.2. The van der Waals surface area contributed by atoms with Gasteiger partial charge in [-0.3, -0.25) is 9.35 Å². The maximum atomic E-state index is 11.2. The molecule has 0 aromatic carbocycles. The minimum atomic E-state index is -4.62. The number of carbonyl (C=O) groups is 1. The second-order valence-corrected chi connectivity index (χ2v) is 9.55. The first kappa shape index (κ1) is 27.0. The average Bonchev–Trinajstić information content (AvgIpc) is 2.56. The van der Waals surface area contributed by atoms with Gasteiger partial charge in [-0.2, -0.15) is 8.42 Å². The van der Waals surface area contributed by atoms with Gasteiger partial charge >= 0.3 is 5.97 Å². The number of aliphatic hydroxyl groups is 1. The fourth-order valence-electron chi connectivity index (χ4n) is 3.03. The molecule has 0 aromatic heterocycles. The van der Waals surface area contributed by atoms with Crippen molar-refractivity contribution in [2.75, 3.05) is 5.75 Å². The Balaban J connectivity index is 3.90. The SMILES string of the molecule is CC(C)CCCCCCCCCC/C=C/CC(O)C(N)(CS(=O)(=O)O)C(=O)O. The second kappa shape index (κ2) is 14.1. The van der Waals surface area contributed by atoms with Gasteiger partial charge in [0.15, 0.2) is 5.54 Å². The number of hydrogen-bond acceptors (Lipinski definition) is 5. The number of rotatable bonds is 17. The van der Waals surface area contributed by atoms with Gasteiger partial charge in [0.1, 0.15) is 5.75 Å². The van der Waals surface area contributed by atoms with Crippen LogP contribution in [0, 0.1) is 5.92 Å². The van der Waals surface area contributed by atoms with Gasteiger partial charge in [-0.25, -0.2) is 0 Å². The van der Waals surface area contributed by atoms with Gasteiger partial charge in [0, 0.05) is 0 Å². The number of aliphatic carboxylic acids is 1. The van der Waals surface area contributed by atoms with E-state index in [1.54, 1.807) is 6.08 Å². The molecule has 5 N–H and O–H groups in total. The minimum absolute atomic E-state index is 0.0886. The molecule has 0 saturated carbocycles. The molecule has 0 aliphatic rings. The van der Waals surface area contributed by atoms with E-state index < -0.39 is 33.5 Å². The van der Waals surface area contributed by atoms with Crippen molar-refractivity contribution in [1.82, 2.24) is 0 Å². The summed E-state index contributed by atoms with van der Waals surface area (Å²) in [5.41, 5.74) is 3.06. The summed E-state index contributed by atoms with van der Waals surface area (Å²) in [6.45, 7) is 4.51. The number of nitrogens with two attached hydrogens (primary N) is 1. The summed E-state index contributed by atoms with van der Waals surface area (Å²) in [5.74, 6) is -2.11. The zero-order valence-corrected chi connectivity index (χ0v) is 18.2. The molecule has 2 unspecified atom stereocenters. The van der Waals surface area contributed by atoms with E-state index in [1.807, 2.05) is 6.08 Å². The first-order valence-electron chi connectivity index (χ1n) is 10.3. The van der Waals surface area contributed by atoms with E-state index in [-0.39, 0.29) is 6.42 Å². The van der Waals surface area contributed by atoms with Crippen molar-refractivity contribution in [3.63, 3.8) is 0 Å². The third kappa shape index (κ3) is 13.3. The fraction of sp³-hybridized carbons (Fsp3) is 0.850. The molecule has 0 saturated heterocycles. The number of unbranched alkanes of at least 4 members (excludes halogenated alkanes) is 8. The van der Waals surface area contributed by atoms with Crippen LogP contribution in [0.1, 0.15) is 84.5 Å². The summed E-state index contributed by atoms with van der Waals surface area (Å²) in [5, 5.41) is 19.1. The van der Waals surface area contributed by atoms with Gasteiger partial charge in [0.05, 0.1) is 6.10 Å². The molecule has 0 aliphatic heterocycles. The molecular formula is C20H39NO6S. The van der Waals surface area contributed by atoms with Crippen molar-refractivity contribution in [2.45, 2.75) is 96.1 Å². The van der Waals surface area contributed by atoms with E-state index in [2.05, 4.69) is 13.8 Å². The molecule has 28 heavy (non-hydrogen) atoms. The van der Waals surface area contributed by atoms with Crippen LogP contribution < -0.4 is 5.73 Å². The average molecular weight is 422 g/mol. The van der Waals surface area contributed by atoms with E-state index >= 15 is 0 Å². The Kier molecular flexibility index (Phi) is 13.6. The Morgan fingerprint density at radius 3 is 1.96 bits per heavy atom. The van der Waals surface area contributed by atoms with E-state index in [4.69, 9.17) is 15.4 Å². The summed E-state index contributed by atoms with van der Waals surface area (Å²) < 4.78 is 30.7. The van der Waals surface area contributed by atoms with Crippen molar-refractivity contribution >= 4 is 16.1 Å². The van der Waals surface area contributed by atoms with Crippen LogP contribution in [0.25, 0.3) is 0 Å². The van der Waals surface area contributed by atoms with Gasteiger partial charge < -0.3 is 15.9 Å². The first-order valence-corrected chi connectivity index (χ1v) is 11.9. The maximum Gasteiger partial charge on any atom is 0.327 e. The van der Waals surface area contributed by atoms with E-state index in [1.165, 1.54) is 44.9 Å². The molecule has 0 spiro atoms. The van der Waals surface area contributed by atoms with Gasteiger partial charge in [0.25, 0.3) is 10.1 Å². The van der Waals surface area contributed by atoms with Crippen molar-refractivity contribution in [2.24, 2.45) is 11.7 Å². The molecule has 0 rings (SSSR count). The quantitative estimate of drug-likeness (QED) is 0.160. The lowest BCUT2D eigenvalue weighted by molar-refractivity contribution is -0.146. The zero-order valence-electron chi connectivity index (χ0n) is 17.3. The predicted octanol–water partition coefficient (Wildman–Crippen LogP) is 3.52. The molecule has 0 fully saturated rings. The summed E-state index contributed by atoms with van der Waals surface area (Å²) >= 11 is 0. The third-order valence-corrected chi connectivity index (χ3v) is 5.68. The Bertz CT molecular complexity index is 561. The lowest BCUT2D eigenvalue weighted by atomic mass is 9.93. The van der Waals surface area contributed by atoms with Crippen molar-refractivity contribution in [1.29, 1.82) is 0 Å². The van der Waals surface area contributed by atoms with Crippen LogP contribution in [0.5, 0.6) is 0 Å². The van der Waals surface area contributed by atoms with Gasteiger partial charge in [-0.15, -0.1) is 0 Å².